The van der Waals surface area contributed by atoms with Crippen LogP contribution in [0.4, 0.5) is 0 Å². The number of benzene rings is 1. The second-order valence-electron chi connectivity index (χ2n) is 6.76. The zero-order chi connectivity index (χ0) is 14.9. The zero-order valence-corrected chi connectivity index (χ0v) is 13.5. The van der Waals surface area contributed by atoms with Gasteiger partial charge in [0, 0.05) is 5.56 Å². The molecule has 1 aliphatic carbocycles. The van der Waals surface area contributed by atoms with Gasteiger partial charge in [-0.1, -0.05) is 24.6 Å². The molecular formula is C18H27NO. The first-order valence-electron chi connectivity index (χ1n) is 7.66. The lowest BCUT2D eigenvalue weighted by Crippen LogP contribution is -2.53. The Hall–Kier alpha value is -1.15. The van der Waals surface area contributed by atoms with Gasteiger partial charge in [-0.3, -0.25) is 9.69 Å². The predicted octanol–water partition coefficient (Wildman–Crippen LogP) is 4.00. The number of carbonyl (C=O) groups is 1. The molecule has 20 heavy (non-hydrogen) atoms. The van der Waals surface area contributed by atoms with Gasteiger partial charge in [-0.05, 0) is 71.2 Å². The third kappa shape index (κ3) is 2.67. The van der Waals surface area contributed by atoms with Crippen molar-refractivity contribution in [2.45, 2.75) is 52.0 Å². The Morgan fingerprint density at radius 2 is 1.80 bits per heavy atom. The SMILES string of the molecule is Cc1ccc(C)c(C(=O)C2(N(C)C)CCC(C)CC2)c1. The molecule has 0 N–H and O–H groups in total. The summed E-state index contributed by atoms with van der Waals surface area (Å²) in [5.41, 5.74) is 2.87. The number of nitrogens with zero attached hydrogens (tertiary/aromatic N) is 1. The number of carbonyl (C=O) groups excluding carboxylic acids is 1. The quantitative estimate of drug-likeness (QED) is 0.776. The van der Waals surface area contributed by atoms with E-state index in [-0.39, 0.29) is 5.54 Å². The van der Waals surface area contributed by atoms with Crippen molar-refractivity contribution in [3.05, 3.63) is 34.9 Å². The maximum absolute atomic E-state index is 13.2. The minimum absolute atomic E-state index is 0.301. The van der Waals surface area contributed by atoms with E-state index in [2.05, 4.69) is 51.0 Å². The molecule has 1 aromatic carbocycles. The first kappa shape index (κ1) is 15.2. The van der Waals surface area contributed by atoms with Crippen LogP contribution in [0.15, 0.2) is 18.2 Å². The molecule has 1 aliphatic rings. The van der Waals surface area contributed by atoms with Crippen LogP contribution >= 0.6 is 0 Å². The van der Waals surface area contributed by atoms with Gasteiger partial charge < -0.3 is 0 Å². The summed E-state index contributed by atoms with van der Waals surface area (Å²) < 4.78 is 0. The van der Waals surface area contributed by atoms with E-state index >= 15 is 0 Å². The van der Waals surface area contributed by atoms with Crippen LogP contribution in [-0.4, -0.2) is 30.3 Å². The van der Waals surface area contributed by atoms with Crippen molar-refractivity contribution in [2.24, 2.45) is 5.92 Å². The molecule has 2 nitrogen and oxygen atoms in total. The molecule has 110 valence electrons. The molecule has 0 saturated heterocycles. The van der Waals surface area contributed by atoms with E-state index in [0.717, 1.165) is 48.3 Å². The molecule has 1 aromatic rings. The normalized spacial score (nSPS) is 26.8. The van der Waals surface area contributed by atoms with Crippen molar-refractivity contribution in [1.29, 1.82) is 0 Å². The Morgan fingerprint density at radius 1 is 1.20 bits per heavy atom. The molecule has 0 heterocycles. The van der Waals surface area contributed by atoms with Crippen molar-refractivity contribution in [3.63, 3.8) is 0 Å². The summed E-state index contributed by atoms with van der Waals surface area (Å²) in [6, 6.07) is 6.20. The third-order valence-corrected chi connectivity index (χ3v) is 5.02. The Bertz CT molecular complexity index is 496. The van der Waals surface area contributed by atoms with Crippen molar-refractivity contribution in [1.82, 2.24) is 4.90 Å². The van der Waals surface area contributed by atoms with E-state index < -0.39 is 0 Å². The van der Waals surface area contributed by atoms with Crippen molar-refractivity contribution >= 4 is 5.78 Å². The molecule has 1 saturated carbocycles. The van der Waals surface area contributed by atoms with Crippen LogP contribution in [0.25, 0.3) is 0 Å². The van der Waals surface area contributed by atoms with Gasteiger partial charge in [0.25, 0.3) is 0 Å². The molecule has 1 fully saturated rings. The molecule has 0 spiro atoms. The van der Waals surface area contributed by atoms with Gasteiger partial charge in [-0.2, -0.15) is 0 Å². The monoisotopic (exact) mass is 273 g/mol. The van der Waals surface area contributed by atoms with Gasteiger partial charge in [-0.25, -0.2) is 0 Å². The maximum Gasteiger partial charge on any atom is 0.183 e. The molecule has 2 rings (SSSR count). The minimum Gasteiger partial charge on any atom is -0.297 e. The Labute approximate surface area is 123 Å². The highest BCUT2D eigenvalue weighted by Crippen LogP contribution is 2.38. The average molecular weight is 273 g/mol. The van der Waals surface area contributed by atoms with Crippen LogP contribution in [0, 0.1) is 19.8 Å². The van der Waals surface area contributed by atoms with Crippen molar-refractivity contribution in [2.75, 3.05) is 14.1 Å². The number of ketones is 1. The van der Waals surface area contributed by atoms with Crippen LogP contribution in [0.2, 0.25) is 0 Å². The van der Waals surface area contributed by atoms with Crippen LogP contribution in [0.5, 0.6) is 0 Å². The molecule has 0 aromatic heterocycles. The van der Waals surface area contributed by atoms with Gasteiger partial charge in [0.1, 0.15) is 0 Å². The summed E-state index contributed by atoms with van der Waals surface area (Å²) >= 11 is 0. The molecule has 0 radical (unpaired) electrons. The van der Waals surface area contributed by atoms with Crippen LogP contribution in [-0.2, 0) is 0 Å². The largest absolute Gasteiger partial charge is 0.297 e. The summed E-state index contributed by atoms with van der Waals surface area (Å²) in [4.78, 5) is 15.4. The van der Waals surface area contributed by atoms with Crippen molar-refractivity contribution < 1.29 is 4.79 Å². The number of likely N-dealkylation sites (N-methyl/N-ethyl adjacent to an activating group) is 1. The first-order valence-corrected chi connectivity index (χ1v) is 7.66. The summed E-state index contributed by atoms with van der Waals surface area (Å²) in [7, 11) is 4.11. The second-order valence-corrected chi connectivity index (χ2v) is 6.76. The number of Topliss-reactive ketones (excluding diaryl/α,β-unsaturated/α-hetero) is 1. The Kier molecular flexibility index (Phi) is 4.33. The van der Waals surface area contributed by atoms with E-state index in [4.69, 9.17) is 0 Å². The molecule has 0 aliphatic heterocycles. The van der Waals surface area contributed by atoms with E-state index in [1.54, 1.807) is 0 Å². The van der Waals surface area contributed by atoms with E-state index in [0.29, 0.717) is 5.78 Å². The summed E-state index contributed by atoms with van der Waals surface area (Å²) in [5, 5.41) is 0. The van der Waals surface area contributed by atoms with Gasteiger partial charge in [0.05, 0.1) is 5.54 Å². The van der Waals surface area contributed by atoms with Crippen molar-refractivity contribution in [3.8, 4) is 0 Å². The van der Waals surface area contributed by atoms with Gasteiger partial charge >= 0.3 is 0 Å². The molecule has 0 unspecified atom stereocenters. The number of hydrogen-bond donors (Lipinski definition) is 0. The molecule has 0 amide bonds. The fourth-order valence-electron chi connectivity index (χ4n) is 3.35. The second kappa shape index (κ2) is 5.69. The number of aryl methyl sites for hydroxylation is 2. The minimum atomic E-state index is -0.301. The fraction of sp³-hybridized carbons (Fsp3) is 0.611. The van der Waals surface area contributed by atoms with Gasteiger partial charge in [0.15, 0.2) is 5.78 Å². The van der Waals surface area contributed by atoms with E-state index in [1.165, 1.54) is 0 Å². The Morgan fingerprint density at radius 3 is 2.35 bits per heavy atom. The molecular weight excluding hydrogens is 246 g/mol. The highest BCUT2D eigenvalue weighted by atomic mass is 16.1. The van der Waals surface area contributed by atoms with E-state index in [9.17, 15) is 4.79 Å². The first-order chi connectivity index (χ1) is 9.36. The smallest absolute Gasteiger partial charge is 0.183 e. The lowest BCUT2D eigenvalue weighted by molar-refractivity contribution is 0.0512. The average Bonchev–Trinajstić information content (AvgIpc) is 2.41. The zero-order valence-electron chi connectivity index (χ0n) is 13.5. The Balaban J connectivity index is 2.39. The number of rotatable bonds is 3. The topological polar surface area (TPSA) is 20.3 Å². The molecule has 2 heteroatoms. The molecule has 0 bridgehead atoms. The summed E-state index contributed by atoms with van der Waals surface area (Å²) in [5.74, 6) is 1.06. The highest BCUT2D eigenvalue weighted by Gasteiger charge is 2.43. The van der Waals surface area contributed by atoms with Gasteiger partial charge in [0.2, 0.25) is 0 Å². The number of hydrogen-bond acceptors (Lipinski definition) is 2. The molecule has 0 atom stereocenters. The van der Waals surface area contributed by atoms with Gasteiger partial charge in [-0.15, -0.1) is 0 Å². The lowest BCUT2D eigenvalue weighted by Gasteiger charge is -2.43. The lowest BCUT2D eigenvalue weighted by atomic mass is 9.72. The van der Waals surface area contributed by atoms with Crippen LogP contribution < -0.4 is 0 Å². The maximum atomic E-state index is 13.2. The van der Waals surface area contributed by atoms with Crippen LogP contribution in [0.1, 0.15) is 54.1 Å². The highest BCUT2D eigenvalue weighted by molar-refractivity contribution is 6.04. The fourth-order valence-corrected chi connectivity index (χ4v) is 3.35. The van der Waals surface area contributed by atoms with Crippen LogP contribution in [0.3, 0.4) is 0 Å². The standard InChI is InChI=1S/C18H27NO/c1-13-8-10-18(11-9-13,19(4)5)17(20)16-12-14(2)6-7-15(16)3/h6-7,12-13H,8-11H2,1-5H3. The van der Waals surface area contributed by atoms with E-state index in [1.807, 2.05) is 6.92 Å². The summed E-state index contributed by atoms with van der Waals surface area (Å²) in [6.45, 7) is 6.39. The third-order valence-electron chi connectivity index (χ3n) is 5.02. The predicted molar refractivity (Wildman–Crippen MR) is 84.3 cm³/mol. The summed E-state index contributed by atoms with van der Waals surface area (Å²) in [6.07, 6.45) is 4.25.